The van der Waals surface area contributed by atoms with Crippen LogP contribution in [-0.4, -0.2) is 45.9 Å². The molecule has 0 bridgehead atoms. The van der Waals surface area contributed by atoms with E-state index in [0.717, 1.165) is 18.7 Å². The van der Waals surface area contributed by atoms with Gasteiger partial charge in [-0.1, -0.05) is 6.92 Å². The van der Waals surface area contributed by atoms with Gasteiger partial charge in [-0.15, -0.1) is 0 Å². The molecule has 1 fully saturated rings. The van der Waals surface area contributed by atoms with E-state index in [1.165, 1.54) is 6.42 Å². The summed E-state index contributed by atoms with van der Waals surface area (Å²) in [7, 11) is 4.90. The highest BCUT2D eigenvalue weighted by molar-refractivity contribution is 5.56. The van der Waals surface area contributed by atoms with Crippen LogP contribution in [0.4, 0.5) is 0 Å². The molecule has 118 valence electrons. The molecule has 5 nitrogen and oxygen atoms in total. The zero-order chi connectivity index (χ0) is 15.4. The lowest BCUT2D eigenvalue weighted by molar-refractivity contribution is 0.235. The third-order valence-electron chi connectivity index (χ3n) is 4.21. The molecular weight excluding hydrogens is 268 g/mol. The Morgan fingerprint density at radius 3 is 2.38 bits per heavy atom. The van der Waals surface area contributed by atoms with Crippen molar-refractivity contribution in [2.75, 3.05) is 41.0 Å². The summed E-state index contributed by atoms with van der Waals surface area (Å²) in [5.74, 6) is 2.73. The van der Waals surface area contributed by atoms with Gasteiger partial charge in [-0.2, -0.15) is 0 Å². The fraction of sp³-hybridized carbons (Fsp3) is 0.625. The van der Waals surface area contributed by atoms with Crippen LogP contribution in [0.15, 0.2) is 12.1 Å². The fourth-order valence-corrected chi connectivity index (χ4v) is 3.11. The summed E-state index contributed by atoms with van der Waals surface area (Å²) in [6.07, 6.45) is 1.21. The molecule has 2 rings (SSSR count). The second-order valence-electron chi connectivity index (χ2n) is 5.56. The van der Waals surface area contributed by atoms with Gasteiger partial charge in [0.2, 0.25) is 5.75 Å². The molecule has 0 spiro atoms. The monoisotopic (exact) mass is 294 g/mol. The van der Waals surface area contributed by atoms with Crippen LogP contribution in [0.25, 0.3) is 0 Å². The van der Waals surface area contributed by atoms with Crippen LogP contribution in [0.2, 0.25) is 0 Å². The molecule has 5 heteroatoms. The number of hydrogen-bond donors (Lipinski definition) is 1. The number of rotatable bonds is 6. The Kier molecular flexibility index (Phi) is 5.31. The summed E-state index contributed by atoms with van der Waals surface area (Å²) in [4.78, 5) is 2.43. The van der Waals surface area contributed by atoms with E-state index < -0.39 is 0 Å². The van der Waals surface area contributed by atoms with E-state index in [1.807, 2.05) is 12.1 Å². The lowest BCUT2D eigenvalue weighted by Gasteiger charge is -2.29. The Morgan fingerprint density at radius 1 is 1.19 bits per heavy atom. The highest BCUT2D eigenvalue weighted by atomic mass is 16.5. The minimum atomic E-state index is 0.143. The average Bonchev–Trinajstić information content (AvgIpc) is 2.93. The van der Waals surface area contributed by atoms with Crippen molar-refractivity contribution < 1.29 is 14.2 Å². The maximum absolute atomic E-state index is 6.05. The van der Waals surface area contributed by atoms with Gasteiger partial charge < -0.3 is 19.9 Å². The van der Waals surface area contributed by atoms with Crippen LogP contribution in [0.5, 0.6) is 17.2 Å². The number of methoxy groups -OCH3 is 3. The fourth-order valence-electron chi connectivity index (χ4n) is 3.11. The van der Waals surface area contributed by atoms with Crippen LogP contribution in [0.1, 0.15) is 24.9 Å². The molecule has 1 aliphatic rings. The smallest absolute Gasteiger partial charge is 0.203 e. The number of ether oxygens (including phenoxy) is 3. The van der Waals surface area contributed by atoms with Crippen molar-refractivity contribution in [2.45, 2.75) is 19.4 Å². The summed E-state index contributed by atoms with van der Waals surface area (Å²) >= 11 is 0. The Balaban J connectivity index is 2.41. The number of hydrogen-bond acceptors (Lipinski definition) is 5. The zero-order valence-electron chi connectivity index (χ0n) is 13.4. The Hall–Kier alpha value is -1.46. The summed E-state index contributed by atoms with van der Waals surface area (Å²) in [6.45, 7) is 4.97. The molecule has 1 aromatic rings. The van der Waals surface area contributed by atoms with E-state index in [1.54, 1.807) is 21.3 Å². The van der Waals surface area contributed by atoms with E-state index in [0.29, 0.717) is 29.7 Å². The van der Waals surface area contributed by atoms with E-state index in [4.69, 9.17) is 19.9 Å². The highest BCUT2D eigenvalue weighted by Gasteiger charge is 2.30. The van der Waals surface area contributed by atoms with E-state index in [9.17, 15) is 0 Å². The van der Waals surface area contributed by atoms with Gasteiger partial charge in [-0.05, 0) is 31.0 Å². The SMILES string of the molecule is COc1ccc(C(CN)N2CCC(C)C2)c(OC)c1OC. The first-order valence-electron chi connectivity index (χ1n) is 7.39. The Morgan fingerprint density at radius 2 is 1.90 bits per heavy atom. The molecule has 1 heterocycles. The van der Waals surface area contributed by atoms with Gasteiger partial charge in [0.25, 0.3) is 0 Å². The summed E-state index contributed by atoms with van der Waals surface area (Å²) in [6, 6.07) is 4.09. The van der Waals surface area contributed by atoms with Gasteiger partial charge >= 0.3 is 0 Å². The first-order valence-corrected chi connectivity index (χ1v) is 7.39. The van der Waals surface area contributed by atoms with Crippen molar-refractivity contribution in [3.8, 4) is 17.2 Å². The average molecular weight is 294 g/mol. The molecule has 0 amide bonds. The Labute approximate surface area is 127 Å². The van der Waals surface area contributed by atoms with Gasteiger partial charge in [0.1, 0.15) is 0 Å². The molecule has 21 heavy (non-hydrogen) atoms. The maximum Gasteiger partial charge on any atom is 0.203 e. The quantitative estimate of drug-likeness (QED) is 0.870. The second kappa shape index (κ2) is 7.00. The lowest BCUT2D eigenvalue weighted by atomic mass is 10.0. The maximum atomic E-state index is 6.05. The molecule has 2 atom stereocenters. The van der Waals surface area contributed by atoms with Crippen molar-refractivity contribution in [3.05, 3.63) is 17.7 Å². The van der Waals surface area contributed by atoms with Gasteiger partial charge in [-0.25, -0.2) is 0 Å². The molecule has 2 unspecified atom stereocenters. The van der Waals surface area contributed by atoms with Crippen molar-refractivity contribution in [3.63, 3.8) is 0 Å². The number of likely N-dealkylation sites (tertiary alicyclic amines) is 1. The Bertz CT molecular complexity index is 479. The predicted octanol–water partition coefficient (Wildman–Crippen LogP) is 2.05. The largest absolute Gasteiger partial charge is 0.493 e. The third-order valence-corrected chi connectivity index (χ3v) is 4.21. The molecule has 0 aliphatic carbocycles. The summed E-state index contributed by atoms with van der Waals surface area (Å²) in [5.41, 5.74) is 7.11. The van der Waals surface area contributed by atoms with Crippen molar-refractivity contribution >= 4 is 0 Å². The normalized spacial score (nSPS) is 20.3. The van der Waals surface area contributed by atoms with Crippen molar-refractivity contribution in [1.29, 1.82) is 0 Å². The lowest BCUT2D eigenvalue weighted by Crippen LogP contribution is -2.32. The second-order valence-corrected chi connectivity index (χ2v) is 5.56. The zero-order valence-corrected chi connectivity index (χ0v) is 13.4. The van der Waals surface area contributed by atoms with Gasteiger partial charge in [-0.3, -0.25) is 4.90 Å². The summed E-state index contributed by atoms with van der Waals surface area (Å²) in [5, 5.41) is 0. The molecule has 0 saturated carbocycles. The van der Waals surface area contributed by atoms with E-state index >= 15 is 0 Å². The van der Waals surface area contributed by atoms with Gasteiger partial charge in [0.15, 0.2) is 11.5 Å². The van der Waals surface area contributed by atoms with E-state index in [2.05, 4.69) is 11.8 Å². The minimum absolute atomic E-state index is 0.143. The molecule has 0 aromatic heterocycles. The van der Waals surface area contributed by atoms with E-state index in [-0.39, 0.29) is 6.04 Å². The third kappa shape index (κ3) is 3.09. The van der Waals surface area contributed by atoms with Crippen LogP contribution in [0.3, 0.4) is 0 Å². The van der Waals surface area contributed by atoms with Gasteiger partial charge in [0.05, 0.1) is 27.4 Å². The highest BCUT2D eigenvalue weighted by Crippen LogP contribution is 2.43. The number of nitrogens with two attached hydrogens (primary N) is 1. The van der Waals surface area contributed by atoms with Gasteiger partial charge in [0, 0.05) is 18.7 Å². The molecule has 1 aromatic carbocycles. The minimum Gasteiger partial charge on any atom is -0.493 e. The topological polar surface area (TPSA) is 57.0 Å². The predicted molar refractivity (Wildman–Crippen MR) is 83.2 cm³/mol. The van der Waals surface area contributed by atoms with Crippen LogP contribution in [0, 0.1) is 5.92 Å². The molecule has 1 aliphatic heterocycles. The molecule has 0 radical (unpaired) electrons. The first-order chi connectivity index (χ1) is 10.2. The first kappa shape index (κ1) is 15.9. The molecule has 1 saturated heterocycles. The van der Waals surface area contributed by atoms with Crippen molar-refractivity contribution in [1.82, 2.24) is 4.90 Å². The van der Waals surface area contributed by atoms with Crippen molar-refractivity contribution in [2.24, 2.45) is 11.7 Å². The number of nitrogens with zero attached hydrogens (tertiary/aromatic N) is 1. The van der Waals surface area contributed by atoms with Crippen LogP contribution >= 0.6 is 0 Å². The summed E-state index contributed by atoms with van der Waals surface area (Å²) < 4.78 is 16.4. The van der Waals surface area contributed by atoms with Crippen LogP contribution in [-0.2, 0) is 0 Å². The molecule has 2 N–H and O–H groups in total. The standard InChI is InChI=1S/C16H26N2O3/c1-11-7-8-18(10-11)13(9-17)12-5-6-14(19-2)16(21-4)15(12)20-3/h5-6,11,13H,7-10,17H2,1-4H3. The van der Waals surface area contributed by atoms with Crippen LogP contribution < -0.4 is 19.9 Å². The number of benzene rings is 1. The molecular formula is C16H26N2O3.